The predicted molar refractivity (Wildman–Crippen MR) is 61.8 cm³/mol. The second-order valence-electron chi connectivity index (χ2n) is 4.44. The number of carboxylic acids is 1. The van der Waals surface area contributed by atoms with Gasteiger partial charge in [0.05, 0.1) is 6.61 Å². The summed E-state index contributed by atoms with van der Waals surface area (Å²) in [4.78, 5) is 24.1. The number of hydrogen-bond donors (Lipinski definition) is 2. The molecule has 0 bridgehead atoms. The fourth-order valence-electron chi connectivity index (χ4n) is 1.97. The van der Waals surface area contributed by atoms with E-state index in [1.807, 2.05) is 6.92 Å². The Balaban J connectivity index is 2.39. The van der Waals surface area contributed by atoms with E-state index in [9.17, 15) is 9.59 Å². The topological polar surface area (TPSA) is 78.9 Å². The number of likely N-dealkylation sites (tertiary alicyclic amines) is 1. The molecule has 2 atom stereocenters. The molecular formula is C11H20N2O4. The zero-order valence-corrected chi connectivity index (χ0v) is 10.3. The van der Waals surface area contributed by atoms with Crippen LogP contribution in [0.3, 0.4) is 0 Å². The van der Waals surface area contributed by atoms with Gasteiger partial charge in [0.2, 0.25) is 0 Å². The number of nitrogens with zero attached hydrogens (tertiary/aromatic N) is 1. The van der Waals surface area contributed by atoms with Crippen LogP contribution in [0.5, 0.6) is 0 Å². The largest absolute Gasteiger partial charge is 0.480 e. The maximum absolute atomic E-state index is 11.8. The lowest BCUT2D eigenvalue weighted by Gasteiger charge is -2.22. The zero-order chi connectivity index (χ0) is 12.8. The van der Waals surface area contributed by atoms with Gasteiger partial charge in [-0.1, -0.05) is 6.92 Å². The molecule has 1 heterocycles. The molecule has 1 fully saturated rings. The van der Waals surface area contributed by atoms with Crippen molar-refractivity contribution >= 4 is 12.0 Å². The summed E-state index contributed by atoms with van der Waals surface area (Å²) < 4.78 is 4.96. The highest BCUT2D eigenvalue weighted by Crippen LogP contribution is 2.17. The molecule has 1 aliphatic rings. The normalized spacial score (nSPS) is 21.3. The minimum Gasteiger partial charge on any atom is -0.480 e. The summed E-state index contributed by atoms with van der Waals surface area (Å²) in [5, 5.41) is 11.7. The van der Waals surface area contributed by atoms with Crippen molar-refractivity contribution in [1.82, 2.24) is 10.2 Å². The Morgan fingerprint density at radius 2 is 2.29 bits per heavy atom. The molecule has 0 aromatic rings. The molecule has 1 aliphatic heterocycles. The average molecular weight is 244 g/mol. The summed E-state index contributed by atoms with van der Waals surface area (Å²) >= 11 is 0. The van der Waals surface area contributed by atoms with Crippen LogP contribution in [0.4, 0.5) is 4.79 Å². The number of amides is 2. The van der Waals surface area contributed by atoms with Gasteiger partial charge in [-0.15, -0.1) is 0 Å². The Hall–Kier alpha value is -1.30. The quantitative estimate of drug-likeness (QED) is 0.739. The summed E-state index contributed by atoms with van der Waals surface area (Å²) in [5.41, 5.74) is 0. The van der Waals surface area contributed by atoms with E-state index in [2.05, 4.69) is 5.32 Å². The molecule has 98 valence electrons. The Morgan fingerprint density at radius 3 is 2.88 bits per heavy atom. The van der Waals surface area contributed by atoms with Crippen molar-refractivity contribution in [2.75, 3.05) is 26.8 Å². The highest BCUT2D eigenvalue weighted by Gasteiger charge is 2.33. The summed E-state index contributed by atoms with van der Waals surface area (Å²) in [7, 11) is 1.61. The van der Waals surface area contributed by atoms with Crippen LogP contribution in [0, 0.1) is 5.92 Å². The number of ether oxygens (including phenoxy) is 1. The van der Waals surface area contributed by atoms with Crippen molar-refractivity contribution in [3.05, 3.63) is 0 Å². The Kier molecular flexibility index (Phi) is 5.21. The Morgan fingerprint density at radius 1 is 1.59 bits per heavy atom. The summed E-state index contributed by atoms with van der Waals surface area (Å²) in [6.45, 7) is 3.54. The molecule has 2 N–H and O–H groups in total. The molecule has 1 unspecified atom stereocenters. The van der Waals surface area contributed by atoms with Crippen molar-refractivity contribution in [3.63, 3.8) is 0 Å². The van der Waals surface area contributed by atoms with Gasteiger partial charge >= 0.3 is 12.0 Å². The van der Waals surface area contributed by atoms with E-state index in [-0.39, 0.29) is 11.9 Å². The van der Waals surface area contributed by atoms with Crippen LogP contribution in [-0.2, 0) is 9.53 Å². The van der Waals surface area contributed by atoms with E-state index in [0.29, 0.717) is 26.1 Å². The maximum Gasteiger partial charge on any atom is 0.326 e. The first-order chi connectivity index (χ1) is 8.06. The van der Waals surface area contributed by atoms with Gasteiger partial charge in [0.1, 0.15) is 6.04 Å². The fourth-order valence-corrected chi connectivity index (χ4v) is 1.97. The molecule has 6 heteroatoms. The second-order valence-corrected chi connectivity index (χ2v) is 4.44. The molecule has 0 aliphatic carbocycles. The number of urea groups is 1. The van der Waals surface area contributed by atoms with Crippen molar-refractivity contribution < 1.29 is 19.4 Å². The lowest BCUT2D eigenvalue weighted by molar-refractivity contribution is -0.141. The number of nitrogens with one attached hydrogen (secondary N) is 1. The molecule has 6 nitrogen and oxygen atoms in total. The number of carboxylic acid groups (broad SMARTS) is 1. The number of aliphatic carboxylic acids is 1. The third kappa shape index (κ3) is 3.89. The number of hydrogen-bond acceptors (Lipinski definition) is 3. The molecule has 2 amide bonds. The van der Waals surface area contributed by atoms with Gasteiger partial charge in [-0.3, -0.25) is 0 Å². The van der Waals surface area contributed by atoms with Crippen LogP contribution < -0.4 is 5.32 Å². The van der Waals surface area contributed by atoms with E-state index in [1.165, 1.54) is 4.90 Å². The average Bonchev–Trinajstić information content (AvgIpc) is 2.75. The standard InChI is InChI=1S/C11H20N2O4/c1-8(7-17-2)6-12-11(16)13-5-3-4-9(13)10(14)15/h8-9H,3-7H2,1-2H3,(H,12,16)(H,14,15)/t8?,9-/m0/s1. The zero-order valence-electron chi connectivity index (χ0n) is 10.3. The number of rotatable bonds is 5. The molecule has 1 rings (SSSR count). The molecule has 0 radical (unpaired) electrons. The molecule has 0 spiro atoms. The lowest BCUT2D eigenvalue weighted by Crippen LogP contribution is -2.47. The molecule has 0 aromatic carbocycles. The van der Waals surface area contributed by atoms with Gasteiger partial charge in [-0.05, 0) is 18.8 Å². The van der Waals surface area contributed by atoms with E-state index < -0.39 is 12.0 Å². The second kappa shape index (κ2) is 6.44. The van der Waals surface area contributed by atoms with Crippen LogP contribution in [0.15, 0.2) is 0 Å². The summed E-state index contributed by atoms with van der Waals surface area (Å²) in [6.07, 6.45) is 1.29. The third-order valence-corrected chi connectivity index (χ3v) is 2.85. The van der Waals surface area contributed by atoms with Crippen molar-refractivity contribution in [2.45, 2.75) is 25.8 Å². The van der Waals surface area contributed by atoms with Gasteiger partial charge in [0.15, 0.2) is 0 Å². The SMILES string of the molecule is COCC(C)CNC(=O)N1CCC[C@H]1C(=O)O. The molecule has 0 saturated carbocycles. The first-order valence-corrected chi connectivity index (χ1v) is 5.82. The van der Waals surface area contributed by atoms with Crippen LogP contribution in [0.2, 0.25) is 0 Å². The van der Waals surface area contributed by atoms with E-state index in [1.54, 1.807) is 7.11 Å². The highest BCUT2D eigenvalue weighted by molar-refractivity contribution is 5.83. The lowest BCUT2D eigenvalue weighted by atomic mass is 10.2. The minimum absolute atomic E-state index is 0.217. The third-order valence-electron chi connectivity index (χ3n) is 2.85. The number of carbonyl (C=O) groups excluding carboxylic acids is 1. The van der Waals surface area contributed by atoms with Gasteiger partial charge < -0.3 is 20.1 Å². The van der Waals surface area contributed by atoms with E-state index >= 15 is 0 Å². The van der Waals surface area contributed by atoms with E-state index in [0.717, 1.165) is 6.42 Å². The minimum atomic E-state index is -0.928. The van der Waals surface area contributed by atoms with Gasteiger partial charge in [0.25, 0.3) is 0 Å². The van der Waals surface area contributed by atoms with Crippen molar-refractivity contribution in [1.29, 1.82) is 0 Å². The van der Waals surface area contributed by atoms with Crippen molar-refractivity contribution in [3.8, 4) is 0 Å². The van der Waals surface area contributed by atoms with Crippen LogP contribution in [0.25, 0.3) is 0 Å². The Bertz CT molecular complexity index is 283. The van der Waals surface area contributed by atoms with Crippen LogP contribution >= 0.6 is 0 Å². The molecule has 1 saturated heterocycles. The van der Waals surface area contributed by atoms with Crippen LogP contribution in [0.1, 0.15) is 19.8 Å². The fraction of sp³-hybridized carbons (Fsp3) is 0.818. The smallest absolute Gasteiger partial charge is 0.326 e. The first-order valence-electron chi connectivity index (χ1n) is 5.82. The van der Waals surface area contributed by atoms with Gasteiger partial charge in [-0.2, -0.15) is 0 Å². The number of carbonyl (C=O) groups is 2. The monoisotopic (exact) mass is 244 g/mol. The van der Waals surface area contributed by atoms with Gasteiger partial charge in [0, 0.05) is 20.2 Å². The maximum atomic E-state index is 11.8. The molecule has 17 heavy (non-hydrogen) atoms. The number of methoxy groups -OCH3 is 1. The summed E-state index contributed by atoms with van der Waals surface area (Å²) in [6, 6.07) is -0.967. The molecule has 0 aromatic heterocycles. The van der Waals surface area contributed by atoms with Crippen molar-refractivity contribution in [2.24, 2.45) is 5.92 Å². The predicted octanol–water partition coefficient (Wildman–Crippen LogP) is 0.527. The molecular weight excluding hydrogens is 224 g/mol. The summed E-state index contributed by atoms with van der Waals surface area (Å²) in [5.74, 6) is -0.711. The first kappa shape index (κ1) is 13.8. The highest BCUT2D eigenvalue weighted by atomic mass is 16.5. The van der Waals surface area contributed by atoms with Crippen LogP contribution in [-0.4, -0.2) is 54.9 Å². The Labute approximate surface area is 101 Å². The van der Waals surface area contributed by atoms with E-state index in [4.69, 9.17) is 9.84 Å². The van der Waals surface area contributed by atoms with Gasteiger partial charge in [-0.25, -0.2) is 9.59 Å².